The summed E-state index contributed by atoms with van der Waals surface area (Å²) in [6.45, 7) is 5.79. The molecule has 3 fully saturated rings. The summed E-state index contributed by atoms with van der Waals surface area (Å²) in [5.74, 6) is 6.03. The van der Waals surface area contributed by atoms with Crippen molar-refractivity contribution in [3.8, 4) is 0 Å². The third-order valence-corrected chi connectivity index (χ3v) is 9.28. The van der Waals surface area contributed by atoms with E-state index in [1.54, 1.807) is 7.11 Å². The smallest absolute Gasteiger partial charge is 0.148 e. The molecule has 0 amide bonds. The summed E-state index contributed by atoms with van der Waals surface area (Å²) in [6.07, 6.45) is 15.3. The zero-order chi connectivity index (χ0) is 21.8. The van der Waals surface area contributed by atoms with Crippen LogP contribution >= 0.6 is 0 Å². The summed E-state index contributed by atoms with van der Waals surface area (Å²) < 4.78 is 7.29. The maximum absolute atomic E-state index is 10.9. The van der Waals surface area contributed by atoms with Crippen LogP contribution in [0.4, 0.5) is 0 Å². The van der Waals surface area contributed by atoms with E-state index in [2.05, 4.69) is 22.4 Å². The van der Waals surface area contributed by atoms with Crippen molar-refractivity contribution in [1.82, 2.24) is 20.2 Å². The maximum atomic E-state index is 10.9. The monoisotopic (exact) mass is 432 g/mol. The topological polar surface area (TPSA) is 73.1 Å². The molecule has 176 valence electrons. The van der Waals surface area contributed by atoms with Gasteiger partial charge in [-0.3, -0.25) is 0 Å². The number of nitrogens with zero attached hydrogens (tertiary/aromatic N) is 4. The summed E-state index contributed by atoms with van der Waals surface area (Å²) in [7, 11) is 1.72. The number of ether oxygens (including phenoxy) is 1. The van der Waals surface area contributed by atoms with E-state index in [9.17, 15) is 5.11 Å². The molecule has 0 saturated heterocycles. The highest BCUT2D eigenvalue weighted by Gasteiger charge is 2.48. The molecule has 0 bridgehead atoms. The summed E-state index contributed by atoms with van der Waals surface area (Å²) in [4.78, 5) is 0. The van der Waals surface area contributed by atoms with Crippen molar-refractivity contribution < 1.29 is 9.84 Å². The summed E-state index contributed by atoms with van der Waals surface area (Å²) in [6, 6.07) is 0. The number of rotatable bonds is 9. The van der Waals surface area contributed by atoms with E-state index in [-0.39, 0.29) is 0 Å². The molecule has 3 aliphatic rings. The van der Waals surface area contributed by atoms with Crippen LogP contribution in [0.1, 0.15) is 89.8 Å². The Morgan fingerprint density at radius 1 is 1.13 bits per heavy atom. The summed E-state index contributed by atoms with van der Waals surface area (Å²) in [5.41, 5.74) is -0.566. The lowest BCUT2D eigenvalue weighted by molar-refractivity contribution is -0.112. The number of fused-ring (bicyclic) bond motifs is 3. The first-order valence-corrected chi connectivity index (χ1v) is 13.0. The molecule has 7 atom stereocenters. The molecule has 6 nitrogen and oxygen atoms in total. The number of hydrogen-bond donors (Lipinski definition) is 1. The molecule has 0 aliphatic heterocycles. The van der Waals surface area contributed by atoms with Crippen LogP contribution < -0.4 is 0 Å². The van der Waals surface area contributed by atoms with E-state index in [4.69, 9.17) is 4.74 Å². The van der Waals surface area contributed by atoms with Gasteiger partial charge < -0.3 is 9.84 Å². The average Bonchev–Trinajstić information content (AvgIpc) is 3.18. The fourth-order valence-electron chi connectivity index (χ4n) is 7.59. The van der Waals surface area contributed by atoms with Crippen molar-refractivity contribution >= 4 is 0 Å². The largest absolute Gasteiger partial charge is 0.387 e. The fourth-order valence-corrected chi connectivity index (χ4v) is 7.59. The Kier molecular flexibility index (Phi) is 7.68. The molecule has 1 heterocycles. The van der Waals surface area contributed by atoms with Crippen LogP contribution in [0.15, 0.2) is 0 Å². The van der Waals surface area contributed by atoms with Gasteiger partial charge in [0.25, 0.3) is 0 Å². The molecule has 31 heavy (non-hydrogen) atoms. The Hall–Kier alpha value is -1.01. The van der Waals surface area contributed by atoms with E-state index < -0.39 is 5.60 Å². The first-order chi connectivity index (χ1) is 15.0. The Bertz CT molecular complexity index is 695. The highest BCUT2D eigenvalue weighted by Crippen LogP contribution is 2.55. The molecule has 3 aliphatic carbocycles. The van der Waals surface area contributed by atoms with E-state index >= 15 is 0 Å². The van der Waals surface area contributed by atoms with Gasteiger partial charge in [-0.05, 0) is 104 Å². The molecule has 6 heteroatoms. The average molecular weight is 433 g/mol. The SMILES string of the molecule is CC[C@H](CC[C@@H]1CCC[C@H]2[C@H]1CC[C@@H]1C[C@@](O)(COC)CC[C@@H]12)CCn1nnnc1C. The second-order valence-corrected chi connectivity index (χ2v) is 11.0. The number of aliphatic hydroxyl groups is 1. The zero-order valence-electron chi connectivity index (χ0n) is 20.0. The van der Waals surface area contributed by atoms with E-state index in [1.165, 1.54) is 64.2 Å². The number of hydrogen-bond acceptors (Lipinski definition) is 5. The maximum Gasteiger partial charge on any atom is 0.148 e. The van der Waals surface area contributed by atoms with Crippen LogP contribution in [-0.2, 0) is 11.3 Å². The van der Waals surface area contributed by atoms with Crippen molar-refractivity contribution in [3.63, 3.8) is 0 Å². The molecule has 0 spiro atoms. The minimum Gasteiger partial charge on any atom is -0.387 e. The van der Waals surface area contributed by atoms with Crippen molar-refractivity contribution in [1.29, 1.82) is 0 Å². The first kappa shape index (κ1) is 23.2. The van der Waals surface area contributed by atoms with Gasteiger partial charge >= 0.3 is 0 Å². The second-order valence-electron chi connectivity index (χ2n) is 11.0. The molecule has 0 unspecified atom stereocenters. The third kappa shape index (κ3) is 5.32. The van der Waals surface area contributed by atoms with Gasteiger partial charge in [0.05, 0.1) is 12.2 Å². The van der Waals surface area contributed by atoms with Crippen LogP contribution in [0.3, 0.4) is 0 Å². The fraction of sp³-hybridized carbons (Fsp3) is 0.960. The van der Waals surface area contributed by atoms with E-state index in [0.717, 1.165) is 60.7 Å². The zero-order valence-corrected chi connectivity index (χ0v) is 20.0. The standard InChI is InChI=1S/C25H44N4O2/c1-4-19(13-15-29-18(2)26-27-28-29)8-9-20-6-5-7-24-22(20)11-10-21-16-25(30,17-31-3)14-12-23(21)24/h19-24,30H,4-17H2,1-3H3/t19-,20+,21-,22+,23+,24+,25-/m1/s1. The van der Waals surface area contributed by atoms with Crippen molar-refractivity contribution in [2.75, 3.05) is 13.7 Å². The van der Waals surface area contributed by atoms with Gasteiger partial charge in [0.15, 0.2) is 0 Å². The Balaban J connectivity index is 1.30. The van der Waals surface area contributed by atoms with Gasteiger partial charge in [-0.15, -0.1) is 5.10 Å². The second kappa shape index (κ2) is 10.3. The van der Waals surface area contributed by atoms with Crippen molar-refractivity contribution in [2.24, 2.45) is 35.5 Å². The van der Waals surface area contributed by atoms with Gasteiger partial charge in [0.1, 0.15) is 5.82 Å². The highest BCUT2D eigenvalue weighted by molar-refractivity contribution is 4.99. The summed E-state index contributed by atoms with van der Waals surface area (Å²) in [5, 5.41) is 22.8. The quantitative estimate of drug-likeness (QED) is 0.607. The summed E-state index contributed by atoms with van der Waals surface area (Å²) >= 11 is 0. The Morgan fingerprint density at radius 2 is 2.00 bits per heavy atom. The predicted octanol–water partition coefficient (Wildman–Crippen LogP) is 4.80. The minimum absolute atomic E-state index is 0.509. The van der Waals surface area contributed by atoms with Gasteiger partial charge in [0, 0.05) is 13.7 Å². The predicted molar refractivity (Wildman–Crippen MR) is 121 cm³/mol. The highest BCUT2D eigenvalue weighted by atomic mass is 16.5. The molecule has 1 aromatic rings. The van der Waals surface area contributed by atoms with Crippen molar-refractivity contribution in [3.05, 3.63) is 5.82 Å². The first-order valence-electron chi connectivity index (χ1n) is 13.0. The number of tetrazole rings is 1. The van der Waals surface area contributed by atoms with Gasteiger partial charge in [-0.1, -0.05) is 32.6 Å². The Labute approximate surface area is 188 Å². The van der Waals surface area contributed by atoms with E-state index in [1.807, 2.05) is 11.6 Å². The van der Waals surface area contributed by atoms with Crippen LogP contribution in [0.5, 0.6) is 0 Å². The van der Waals surface area contributed by atoms with Crippen molar-refractivity contribution in [2.45, 2.75) is 103 Å². The van der Waals surface area contributed by atoms with E-state index in [0.29, 0.717) is 6.61 Å². The molecule has 3 saturated carbocycles. The normalized spacial score (nSPS) is 36.6. The third-order valence-electron chi connectivity index (χ3n) is 9.28. The van der Waals surface area contributed by atoms with Crippen LogP contribution in [-0.4, -0.2) is 44.6 Å². The van der Waals surface area contributed by atoms with Gasteiger partial charge in [0.2, 0.25) is 0 Å². The number of aromatic nitrogens is 4. The number of aryl methyl sites for hydroxylation is 2. The van der Waals surface area contributed by atoms with Gasteiger partial charge in [-0.2, -0.15) is 0 Å². The molecule has 1 N–H and O–H groups in total. The van der Waals surface area contributed by atoms with Crippen LogP contribution in [0.2, 0.25) is 0 Å². The lowest BCUT2D eigenvalue weighted by atomic mass is 9.53. The molecular formula is C25H44N4O2. The lowest BCUT2D eigenvalue weighted by Gasteiger charge is -2.53. The number of methoxy groups -OCH3 is 1. The van der Waals surface area contributed by atoms with Gasteiger partial charge in [-0.25, -0.2) is 4.68 Å². The molecular weight excluding hydrogens is 388 g/mol. The lowest BCUT2D eigenvalue weighted by Crippen LogP contribution is -2.49. The molecule has 1 aromatic heterocycles. The molecule has 0 radical (unpaired) electrons. The minimum atomic E-state index is -0.566. The molecule has 4 rings (SSSR count). The molecule has 0 aromatic carbocycles. The Morgan fingerprint density at radius 3 is 2.74 bits per heavy atom. The van der Waals surface area contributed by atoms with Crippen LogP contribution in [0.25, 0.3) is 0 Å². The van der Waals surface area contributed by atoms with Crippen LogP contribution in [0, 0.1) is 42.4 Å².